The Hall–Kier alpha value is -1.40. The third kappa shape index (κ3) is 3.08. The normalized spacial score (nSPS) is 11.2. The number of pyridine rings is 1. The van der Waals surface area contributed by atoms with Gasteiger partial charge in [0.25, 0.3) is 0 Å². The maximum atomic E-state index is 11.4. The first kappa shape index (κ1) is 13.0. The number of nitrogens with one attached hydrogen (secondary N) is 1. The summed E-state index contributed by atoms with van der Waals surface area (Å²) in [6.45, 7) is 0. The molecule has 2 aromatic rings. The van der Waals surface area contributed by atoms with Crippen LogP contribution >= 0.6 is 15.9 Å². The molecule has 2 rings (SSSR count). The molecule has 0 saturated carbocycles. The number of nitrogens with zero attached hydrogens (tertiary/aromatic N) is 1. The van der Waals surface area contributed by atoms with Gasteiger partial charge in [-0.2, -0.15) is 0 Å². The van der Waals surface area contributed by atoms with Crippen LogP contribution in [0.15, 0.2) is 52.0 Å². The third-order valence-corrected chi connectivity index (χ3v) is 4.06. The topological polar surface area (TPSA) is 59.1 Å². The van der Waals surface area contributed by atoms with Gasteiger partial charge >= 0.3 is 0 Å². The summed E-state index contributed by atoms with van der Waals surface area (Å²) >= 11 is 3.34. The van der Waals surface area contributed by atoms with Crippen molar-refractivity contribution in [2.45, 2.75) is 4.90 Å². The van der Waals surface area contributed by atoms with Crippen molar-refractivity contribution in [3.63, 3.8) is 0 Å². The SMILES string of the molecule is CS(=O)(=O)c1ccc(Nc2ccccn2)c(Br)c1. The fraction of sp³-hybridized carbons (Fsp3) is 0.0833. The largest absolute Gasteiger partial charge is 0.339 e. The minimum atomic E-state index is -3.19. The van der Waals surface area contributed by atoms with E-state index in [4.69, 9.17) is 0 Å². The first-order valence-corrected chi connectivity index (χ1v) is 7.83. The zero-order chi connectivity index (χ0) is 13.2. The van der Waals surface area contributed by atoms with Crippen LogP contribution in [0, 0.1) is 0 Å². The average Bonchev–Trinajstić information content (AvgIpc) is 2.32. The molecule has 0 aliphatic carbocycles. The maximum Gasteiger partial charge on any atom is 0.175 e. The molecule has 4 nitrogen and oxygen atoms in total. The zero-order valence-corrected chi connectivity index (χ0v) is 12.0. The predicted molar refractivity (Wildman–Crippen MR) is 74.8 cm³/mol. The standard InChI is InChI=1S/C12H11BrN2O2S/c1-18(16,17)9-5-6-11(10(13)8-9)15-12-4-2-3-7-14-12/h2-8H,1H3,(H,14,15). The van der Waals surface area contributed by atoms with E-state index in [-0.39, 0.29) is 4.90 Å². The van der Waals surface area contributed by atoms with Crippen LogP contribution in [-0.4, -0.2) is 19.7 Å². The molecule has 1 heterocycles. The van der Waals surface area contributed by atoms with Crippen molar-refractivity contribution in [1.29, 1.82) is 0 Å². The molecular formula is C12H11BrN2O2S. The molecule has 0 aliphatic rings. The van der Waals surface area contributed by atoms with E-state index in [1.54, 1.807) is 24.4 Å². The fourth-order valence-corrected chi connectivity index (χ4v) is 2.68. The number of hydrogen-bond donors (Lipinski definition) is 1. The lowest BCUT2D eigenvalue weighted by Gasteiger charge is -2.08. The molecule has 0 atom stereocenters. The molecule has 0 aliphatic heterocycles. The van der Waals surface area contributed by atoms with Crippen LogP contribution in [0.3, 0.4) is 0 Å². The quantitative estimate of drug-likeness (QED) is 0.941. The lowest BCUT2D eigenvalue weighted by molar-refractivity contribution is 0.602. The second kappa shape index (κ2) is 5.07. The highest BCUT2D eigenvalue weighted by atomic mass is 79.9. The third-order valence-electron chi connectivity index (χ3n) is 2.30. The van der Waals surface area contributed by atoms with Crippen molar-refractivity contribution in [1.82, 2.24) is 4.98 Å². The number of aromatic nitrogens is 1. The number of hydrogen-bond acceptors (Lipinski definition) is 4. The van der Waals surface area contributed by atoms with E-state index in [2.05, 4.69) is 26.2 Å². The highest BCUT2D eigenvalue weighted by Crippen LogP contribution is 2.27. The molecule has 0 bridgehead atoms. The van der Waals surface area contributed by atoms with E-state index in [0.717, 1.165) is 5.69 Å². The Morgan fingerprint density at radius 2 is 2.00 bits per heavy atom. The van der Waals surface area contributed by atoms with Crippen LogP contribution in [0.2, 0.25) is 0 Å². The van der Waals surface area contributed by atoms with E-state index in [1.165, 1.54) is 6.26 Å². The molecule has 18 heavy (non-hydrogen) atoms. The van der Waals surface area contributed by atoms with Crippen LogP contribution in [0.4, 0.5) is 11.5 Å². The van der Waals surface area contributed by atoms with Gasteiger partial charge in [0.15, 0.2) is 9.84 Å². The van der Waals surface area contributed by atoms with Gasteiger partial charge in [0.2, 0.25) is 0 Å². The van der Waals surface area contributed by atoms with Crippen LogP contribution in [0.5, 0.6) is 0 Å². The summed E-state index contributed by atoms with van der Waals surface area (Å²) in [5.74, 6) is 0.699. The van der Waals surface area contributed by atoms with Gasteiger partial charge in [-0.3, -0.25) is 0 Å². The van der Waals surface area contributed by atoms with Crippen molar-refractivity contribution in [2.75, 3.05) is 11.6 Å². The van der Waals surface area contributed by atoms with Gasteiger partial charge in [0, 0.05) is 16.9 Å². The Kier molecular flexibility index (Phi) is 3.68. The molecule has 6 heteroatoms. The summed E-state index contributed by atoms with van der Waals surface area (Å²) in [4.78, 5) is 4.41. The summed E-state index contributed by atoms with van der Waals surface area (Å²) in [6.07, 6.45) is 2.86. The van der Waals surface area contributed by atoms with Crippen molar-refractivity contribution in [3.8, 4) is 0 Å². The Bertz CT molecular complexity index is 657. The lowest BCUT2D eigenvalue weighted by atomic mass is 10.3. The number of benzene rings is 1. The van der Waals surface area contributed by atoms with Crippen molar-refractivity contribution >= 4 is 37.3 Å². The fourth-order valence-electron chi connectivity index (χ4n) is 1.40. The Morgan fingerprint density at radius 3 is 2.56 bits per heavy atom. The summed E-state index contributed by atoms with van der Waals surface area (Å²) in [6, 6.07) is 10.4. The first-order valence-electron chi connectivity index (χ1n) is 5.14. The highest BCUT2D eigenvalue weighted by molar-refractivity contribution is 9.10. The minimum Gasteiger partial charge on any atom is -0.339 e. The highest BCUT2D eigenvalue weighted by Gasteiger charge is 2.09. The predicted octanol–water partition coefficient (Wildman–Crippen LogP) is 2.99. The molecule has 1 N–H and O–H groups in total. The molecule has 0 spiro atoms. The Morgan fingerprint density at radius 1 is 1.22 bits per heavy atom. The molecule has 0 radical (unpaired) electrons. The Balaban J connectivity index is 2.32. The molecule has 0 amide bonds. The number of anilines is 2. The summed E-state index contributed by atoms with van der Waals surface area (Å²) < 4.78 is 23.5. The smallest absolute Gasteiger partial charge is 0.175 e. The minimum absolute atomic E-state index is 0.279. The molecule has 1 aromatic carbocycles. The van der Waals surface area contributed by atoms with E-state index in [1.807, 2.05) is 18.2 Å². The van der Waals surface area contributed by atoms with E-state index in [0.29, 0.717) is 10.3 Å². The molecule has 94 valence electrons. The molecule has 0 fully saturated rings. The van der Waals surface area contributed by atoms with Crippen LogP contribution in [0.1, 0.15) is 0 Å². The van der Waals surface area contributed by atoms with E-state index < -0.39 is 9.84 Å². The second-order valence-electron chi connectivity index (χ2n) is 3.75. The molecule has 0 saturated heterocycles. The van der Waals surface area contributed by atoms with Crippen molar-refractivity contribution < 1.29 is 8.42 Å². The maximum absolute atomic E-state index is 11.4. The van der Waals surface area contributed by atoms with Crippen LogP contribution < -0.4 is 5.32 Å². The van der Waals surface area contributed by atoms with Gasteiger partial charge < -0.3 is 5.32 Å². The number of sulfone groups is 1. The lowest BCUT2D eigenvalue weighted by Crippen LogP contribution is -1.99. The summed E-state index contributed by atoms with van der Waals surface area (Å²) in [5.41, 5.74) is 0.765. The zero-order valence-electron chi connectivity index (χ0n) is 9.59. The monoisotopic (exact) mass is 326 g/mol. The van der Waals surface area contributed by atoms with Crippen molar-refractivity contribution in [3.05, 3.63) is 47.1 Å². The van der Waals surface area contributed by atoms with Gasteiger partial charge in [-0.15, -0.1) is 0 Å². The molecule has 1 aromatic heterocycles. The second-order valence-corrected chi connectivity index (χ2v) is 6.62. The van der Waals surface area contributed by atoms with Gasteiger partial charge in [-0.05, 0) is 46.3 Å². The van der Waals surface area contributed by atoms with Crippen LogP contribution in [0.25, 0.3) is 0 Å². The van der Waals surface area contributed by atoms with Gasteiger partial charge in [-0.1, -0.05) is 6.07 Å². The number of rotatable bonds is 3. The molecular weight excluding hydrogens is 316 g/mol. The summed E-state index contributed by atoms with van der Waals surface area (Å²) in [5, 5.41) is 3.10. The van der Waals surface area contributed by atoms with Gasteiger partial charge in [0.1, 0.15) is 5.82 Å². The number of halogens is 1. The van der Waals surface area contributed by atoms with Crippen LogP contribution in [-0.2, 0) is 9.84 Å². The van der Waals surface area contributed by atoms with Crippen molar-refractivity contribution in [2.24, 2.45) is 0 Å². The van der Waals surface area contributed by atoms with Gasteiger partial charge in [0.05, 0.1) is 10.6 Å². The molecule has 0 unspecified atom stereocenters. The average molecular weight is 327 g/mol. The van der Waals surface area contributed by atoms with E-state index in [9.17, 15) is 8.42 Å². The van der Waals surface area contributed by atoms with E-state index >= 15 is 0 Å². The first-order chi connectivity index (χ1) is 8.47. The van der Waals surface area contributed by atoms with Gasteiger partial charge in [-0.25, -0.2) is 13.4 Å². The summed E-state index contributed by atoms with van der Waals surface area (Å²) in [7, 11) is -3.19. The Labute approximate surface area is 114 Å².